The lowest BCUT2D eigenvalue weighted by atomic mass is 9.93. The van der Waals surface area contributed by atoms with Crippen LogP contribution in [0.4, 0.5) is 0 Å². The minimum atomic E-state index is -0.285. The van der Waals surface area contributed by atoms with Gasteiger partial charge in [0, 0.05) is 0 Å². The molecule has 1 aromatic rings. The molecule has 4 heteroatoms. The topological polar surface area (TPSA) is 58.9 Å². The number of hydrogen-bond acceptors (Lipinski definition) is 4. The molecule has 0 bridgehead atoms. The van der Waals surface area contributed by atoms with Crippen LogP contribution in [0, 0.1) is 6.92 Å². The number of aliphatic imine (C=N–C) groups is 2. The summed E-state index contributed by atoms with van der Waals surface area (Å²) in [6.07, 6.45) is 3.11. The largest absolute Gasteiger partial charge is 0.235 e. The second-order valence-corrected chi connectivity index (χ2v) is 3.87. The Hall–Kier alpha value is -2.02. The molecule has 0 radical (unpaired) electrons. The van der Waals surface area contributed by atoms with Gasteiger partial charge in [0.05, 0.1) is 12.1 Å². The Morgan fingerprint density at radius 3 is 2.24 bits per heavy atom. The van der Waals surface area contributed by atoms with Crippen LogP contribution in [0.2, 0.25) is 0 Å². The first kappa shape index (κ1) is 13.0. The van der Waals surface area contributed by atoms with Crippen LogP contribution < -0.4 is 0 Å². The number of isocyanates is 2. The van der Waals surface area contributed by atoms with Crippen LogP contribution in [-0.2, 0) is 9.59 Å². The minimum absolute atomic E-state index is 0.284. The zero-order valence-corrected chi connectivity index (χ0v) is 10.1. The molecule has 0 aliphatic carbocycles. The van der Waals surface area contributed by atoms with Gasteiger partial charge in [-0.3, -0.25) is 0 Å². The second kappa shape index (κ2) is 5.90. The first-order valence-electron chi connectivity index (χ1n) is 5.35. The van der Waals surface area contributed by atoms with E-state index in [2.05, 4.69) is 9.98 Å². The van der Waals surface area contributed by atoms with E-state index in [9.17, 15) is 9.59 Å². The summed E-state index contributed by atoms with van der Waals surface area (Å²) in [4.78, 5) is 28.0. The smallest absolute Gasteiger partial charge is 0.211 e. The first-order chi connectivity index (χ1) is 8.11. The average Bonchev–Trinajstić information content (AvgIpc) is 2.29. The summed E-state index contributed by atoms with van der Waals surface area (Å²) in [7, 11) is 0. The van der Waals surface area contributed by atoms with E-state index in [1.807, 2.05) is 32.0 Å². The van der Waals surface area contributed by atoms with E-state index < -0.39 is 0 Å². The van der Waals surface area contributed by atoms with Crippen LogP contribution in [0.1, 0.15) is 42.6 Å². The molecule has 0 aromatic heterocycles. The van der Waals surface area contributed by atoms with Crippen LogP contribution in [0.3, 0.4) is 0 Å². The number of rotatable bonds is 4. The Bertz CT molecular complexity index is 498. The van der Waals surface area contributed by atoms with E-state index in [4.69, 9.17) is 0 Å². The third kappa shape index (κ3) is 2.97. The summed E-state index contributed by atoms with van der Waals surface area (Å²) >= 11 is 0. The molecule has 2 atom stereocenters. The van der Waals surface area contributed by atoms with E-state index in [0.717, 1.165) is 16.7 Å². The van der Waals surface area contributed by atoms with Crippen molar-refractivity contribution in [2.75, 3.05) is 0 Å². The molecule has 0 spiro atoms. The molecule has 0 aliphatic rings. The van der Waals surface area contributed by atoms with Gasteiger partial charge in [-0.05, 0) is 37.5 Å². The summed E-state index contributed by atoms with van der Waals surface area (Å²) in [5.74, 6) is 0. The lowest BCUT2D eigenvalue weighted by Crippen LogP contribution is -2.02. The maximum atomic E-state index is 10.3. The van der Waals surface area contributed by atoms with Crippen molar-refractivity contribution < 1.29 is 9.59 Å². The second-order valence-electron chi connectivity index (χ2n) is 3.87. The molecule has 17 heavy (non-hydrogen) atoms. The van der Waals surface area contributed by atoms with Gasteiger partial charge < -0.3 is 0 Å². The Labute approximate surface area is 100 Å². The maximum Gasteiger partial charge on any atom is 0.235 e. The molecule has 0 aliphatic heterocycles. The van der Waals surface area contributed by atoms with Crippen molar-refractivity contribution in [1.82, 2.24) is 0 Å². The zero-order chi connectivity index (χ0) is 12.8. The van der Waals surface area contributed by atoms with Gasteiger partial charge in [-0.15, -0.1) is 0 Å². The highest BCUT2D eigenvalue weighted by Gasteiger charge is 2.16. The first-order valence-corrected chi connectivity index (χ1v) is 5.35. The van der Waals surface area contributed by atoms with Crippen molar-refractivity contribution in [3.63, 3.8) is 0 Å². The molecular weight excluding hydrogens is 216 g/mol. The highest BCUT2D eigenvalue weighted by molar-refractivity contribution is 5.43. The Balaban J connectivity index is 3.35. The summed E-state index contributed by atoms with van der Waals surface area (Å²) < 4.78 is 0. The number of carbonyl (C=O) groups excluding carboxylic acids is 2. The van der Waals surface area contributed by atoms with Crippen molar-refractivity contribution >= 4 is 12.2 Å². The third-order valence-corrected chi connectivity index (χ3v) is 2.72. The number of hydrogen-bond donors (Lipinski definition) is 0. The molecule has 4 nitrogen and oxygen atoms in total. The summed E-state index contributed by atoms with van der Waals surface area (Å²) in [5, 5.41) is 0. The van der Waals surface area contributed by atoms with Crippen molar-refractivity contribution in [2.45, 2.75) is 32.9 Å². The van der Waals surface area contributed by atoms with Gasteiger partial charge in [-0.25, -0.2) is 9.59 Å². The summed E-state index contributed by atoms with van der Waals surface area (Å²) in [6.45, 7) is 5.56. The Morgan fingerprint density at radius 2 is 1.65 bits per heavy atom. The van der Waals surface area contributed by atoms with Crippen molar-refractivity contribution in [2.24, 2.45) is 9.98 Å². The lowest BCUT2D eigenvalue weighted by molar-refractivity contribution is 0.556. The fraction of sp³-hybridized carbons (Fsp3) is 0.385. The molecule has 0 N–H and O–H groups in total. The Kier molecular flexibility index (Phi) is 4.53. The molecule has 88 valence electrons. The summed E-state index contributed by atoms with van der Waals surface area (Å²) in [6, 6.07) is 5.14. The number of nitrogens with zero attached hydrogens (tertiary/aromatic N) is 2. The van der Waals surface area contributed by atoms with Gasteiger partial charge in [-0.2, -0.15) is 9.98 Å². The van der Waals surface area contributed by atoms with E-state index >= 15 is 0 Å². The molecule has 1 rings (SSSR count). The normalized spacial score (nSPS) is 13.1. The average molecular weight is 230 g/mol. The quantitative estimate of drug-likeness (QED) is 0.589. The van der Waals surface area contributed by atoms with Crippen molar-refractivity contribution in [3.8, 4) is 0 Å². The molecule has 1 aromatic carbocycles. The highest BCUT2D eigenvalue weighted by Crippen LogP contribution is 2.30. The van der Waals surface area contributed by atoms with E-state index in [0.29, 0.717) is 0 Å². The minimum Gasteiger partial charge on any atom is -0.211 e. The SMILES string of the molecule is Cc1cccc(C(C)N=C=O)c1C(C)N=C=O. The van der Waals surface area contributed by atoms with Crippen LogP contribution in [0.25, 0.3) is 0 Å². The molecule has 0 saturated carbocycles. The van der Waals surface area contributed by atoms with Gasteiger partial charge in [0.25, 0.3) is 0 Å². The highest BCUT2D eigenvalue weighted by atomic mass is 16.1. The van der Waals surface area contributed by atoms with Crippen LogP contribution in [-0.4, -0.2) is 12.2 Å². The van der Waals surface area contributed by atoms with E-state index in [1.165, 1.54) is 0 Å². The predicted octanol–water partition coefficient (Wildman–Crippen LogP) is 2.79. The monoisotopic (exact) mass is 230 g/mol. The third-order valence-electron chi connectivity index (χ3n) is 2.72. The van der Waals surface area contributed by atoms with E-state index in [1.54, 1.807) is 19.1 Å². The molecule has 0 amide bonds. The van der Waals surface area contributed by atoms with Gasteiger partial charge >= 0.3 is 0 Å². The molecule has 2 unspecified atom stereocenters. The van der Waals surface area contributed by atoms with Crippen molar-refractivity contribution in [1.29, 1.82) is 0 Å². The predicted molar refractivity (Wildman–Crippen MR) is 64.3 cm³/mol. The lowest BCUT2D eigenvalue weighted by Gasteiger charge is -2.16. The molecular formula is C13H14N2O2. The van der Waals surface area contributed by atoms with Crippen LogP contribution >= 0.6 is 0 Å². The molecule has 0 fully saturated rings. The van der Waals surface area contributed by atoms with Gasteiger partial charge in [0.1, 0.15) is 0 Å². The fourth-order valence-corrected chi connectivity index (χ4v) is 1.93. The van der Waals surface area contributed by atoms with Gasteiger partial charge in [0.2, 0.25) is 12.2 Å². The Morgan fingerprint density at radius 1 is 1.06 bits per heavy atom. The van der Waals surface area contributed by atoms with E-state index in [-0.39, 0.29) is 12.1 Å². The van der Waals surface area contributed by atoms with Gasteiger partial charge in [-0.1, -0.05) is 18.2 Å². The van der Waals surface area contributed by atoms with Crippen LogP contribution in [0.15, 0.2) is 28.2 Å². The van der Waals surface area contributed by atoms with Gasteiger partial charge in [0.15, 0.2) is 0 Å². The summed E-state index contributed by atoms with van der Waals surface area (Å²) in [5.41, 5.74) is 2.82. The molecule has 0 saturated heterocycles. The number of benzene rings is 1. The van der Waals surface area contributed by atoms with Crippen molar-refractivity contribution in [3.05, 3.63) is 34.9 Å². The van der Waals surface area contributed by atoms with Crippen LogP contribution in [0.5, 0.6) is 0 Å². The number of aryl methyl sites for hydroxylation is 1. The molecule has 0 heterocycles. The zero-order valence-electron chi connectivity index (χ0n) is 10.1. The fourth-order valence-electron chi connectivity index (χ4n) is 1.93. The standard InChI is InChI=1S/C13H14N2O2/c1-9-5-4-6-12(10(2)14-7-16)13(9)11(3)15-8-17/h4-6,10-11H,1-3H3. The maximum absolute atomic E-state index is 10.3.